The Morgan fingerprint density at radius 1 is 1.25 bits per heavy atom. The van der Waals surface area contributed by atoms with E-state index in [1.54, 1.807) is 0 Å². The molecule has 0 bridgehead atoms. The number of benzene rings is 1. The van der Waals surface area contributed by atoms with Gasteiger partial charge in [-0.25, -0.2) is 4.98 Å². The molecule has 0 saturated carbocycles. The highest BCUT2D eigenvalue weighted by Gasteiger charge is 2.24. The lowest BCUT2D eigenvalue weighted by Gasteiger charge is -2.32. The van der Waals surface area contributed by atoms with Gasteiger partial charge in [0, 0.05) is 55.7 Å². The molecule has 28 heavy (non-hydrogen) atoms. The molecule has 1 aliphatic rings. The molecule has 0 atom stereocenters. The number of anilines is 2. The fourth-order valence-electron chi connectivity index (χ4n) is 3.60. The maximum absolute atomic E-state index is 12.7. The summed E-state index contributed by atoms with van der Waals surface area (Å²) in [6.45, 7) is 5.18. The van der Waals surface area contributed by atoms with Crippen LogP contribution in [0.5, 0.6) is 0 Å². The van der Waals surface area contributed by atoms with Gasteiger partial charge in [-0.1, -0.05) is 6.92 Å². The zero-order valence-electron chi connectivity index (χ0n) is 17.1. The fourth-order valence-corrected chi connectivity index (χ4v) is 3.60. The van der Waals surface area contributed by atoms with Crippen LogP contribution < -0.4 is 15.8 Å². The molecule has 1 aromatic carbocycles. The molecule has 3 rings (SSSR count). The van der Waals surface area contributed by atoms with E-state index < -0.39 is 0 Å². The molecule has 7 nitrogen and oxygen atoms in total. The lowest BCUT2D eigenvalue weighted by atomic mass is 10.0. The number of rotatable bonds is 5. The van der Waals surface area contributed by atoms with Gasteiger partial charge >= 0.3 is 0 Å². The molecule has 1 fully saturated rings. The van der Waals surface area contributed by atoms with E-state index in [0.29, 0.717) is 31.0 Å². The van der Waals surface area contributed by atoms with Crippen molar-refractivity contribution in [3.05, 3.63) is 51.4 Å². The predicted molar refractivity (Wildman–Crippen MR) is 112 cm³/mol. The van der Waals surface area contributed by atoms with Gasteiger partial charge in [0.25, 0.3) is 11.5 Å². The molecular formula is C21H29N5O2. The van der Waals surface area contributed by atoms with Crippen LogP contribution in [-0.2, 0) is 6.42 Å². The third kappa shape index (κ3) is 4.35. The van der Waals surface area contributed by atoms with Gasteiger partial charge in [0.1, 0.15) is 0 Å². The molecule has 0 unspecified atom stereocenters. The van der Waals surface area contributed by atoms with Crippen molar-refractivity contribution < 1.29 is 4.79 Å². The molecule has 1 amide bonds. The molecule has 2 aromatic rings. The number of aromatic amines is 1. The summed E-state index contributed by atoms with van der Waals surface area (Å²) in [5.74, 6) is 0.585. The Labute approximate surface area is 165 Å². The van der Waals surface area contributed by atoms with E-state index >= 15 is 0 Å². The predicted octanol–water partition coefficient (Wildman–Crippen LogP) is 2.42. The summed E-state index contributed by atoms with van der Waals surface area (Å²) in [4.78, 5) is 36.0. The van der Waals surface area contributed by atoms with E-state index in [2.05, 4.69) is 15.3 Å². The molecule has 1 aliphatic heterocycles. The second-order valence-corrected chi connectivity index (χ2v) is 7.48. The number of aromatic nitrogens is 2. The number of amides is 1. The van der Waals surface area contributed by atoms with E-state index in [1.165, 1.54) is 0 Å². The number of hydrogen-bond donors (Lipinski definition) is 2. The molecule has 0 aliphatic carbocycles. The number of nitrogens with one attached hydrogen (secondary N) is 2. The average Bonchev–Trinajstić information content (AvgIpc) is 2.68. The van der Waals surface area contributed by atoms with Gasteiger partial charge in [-0.05, 0) is 50.5 Å². The maximum atomic E-state index is 12.7. The molecule has 0 spiro atoms. The van der Waals surface area contributed by atoms with Crippen molar-refractivity contribution in [2.45, 2.75) is 39.2 Å². The van der Waals surface area contributed by atoms with Crippen molar-refractivity contribution >= 4 is 17.5 Å². The van der Waals surface area contributed by atoms with E-state index in [0.717, 1.165) is 29.8 Å². The fraction of sp³-hybridized carbons (Fsp3) is 0.476. The Balaban J connectivity index is 1.58. The van der Waals surface area contributed by atoms with Crippen LogP contribution in [0.2, 0.25) is 0 Å². The summed E-state index contributed by atoms with van der Waals surface area (Å²) in [5.41, 5.74) is 3.21. The van der Waals surface area contributed by atoms with Gasteiger partial charge in [-0.2, -0.15) is 0 Å². The average molecular weight is 383 g/mol. The summed E-state index contributed by atoms with van der Waals surface area (Å²) < 4.78 is 0. The van der Waals surface area contributed by atoms with Gasteiger partial charge in [0.05, 0.1) is 0 Å². The zero-order valence-corrected chi connectivity index (χ0v) is 17.1. The molecule has 1 aromatic heterocycles. The smallest absolute Gasteiger partial charge is 0.255 e. The van der Waals surface area contributed by atoms with Crippen LogP contribution in [0.15, 0.2) is 29.1 Å². The quantitative estimate of drug-likeness (QED) is 0.829. The highest BCUT2D eigenvalue weighted by Crippen LogP contribution is 2.18. The lowest BCUT2D eigenvalue weighted by molar-refractivity contribution is 0.0718. The number of hydrogen-bond acceptors (Lipinski definition) is 5. The van der Waals surface area contributed by atoms with Crippen molar-refractivity contribution in [2.24, 2.45) is 0 Å². The van der Waals surface area contributed by atoms with E-state index in [9.17, 15) is 9.59 Å². The zero-order chi connectivity index (χ0) is 20.3. The Morgan fingerprint density at radius 3 is 2.43 bits per heavy atom. The first-order chi connectivity index (χ1) is 13.4. The number of likely N-dealkylation sites (tertiary alicyclic amines) is 1. The Kier molecular flexibility index (Phi) is 6.02. The molecule has 2 heterocycles. The van der Waals surface area contributed by atoms with Crippen molar-refractivity contribution in [1.29, 1.82) is 0 Å². The standard InChI is InChI=1S/C21H29N5O2/c1-5-18-14(2)22-21(24-19(18)27)23-16-10-12-26(13-11-16)20(28)15-6-8-17(9-7-15)25(3)4/h6-9,16H,5,10-13H2,1-4H3,(H2,22,23,24,27). The summed E-state index contributed by atoms with van der Waals surface area (Å²) in [6, 6.07) is 7.89. The van der Waals surface area contributed by atoms with Gasteiger partial charge < -0.3 is 15.1 Å². The molecule has 150 valence electrons. The summed E-state index contributed by atoms with van der Waals surface area (Å²) in [6.07, 6.45) is 2.31. The van der Waals surface area contributed by atoms with Crippen LogP contribution in [0.4, 0.5) is 11.6 Å². The number of carbonyl (C=O) groups is 1. The number of nitrogens with zero attached hydrogens (tertiary/aromatic N) is 3. The number of H-pyrrole nitrogens is 1. The Hall–Kier alpha value is -2.83. The van der Waals surface area contributed by atoms with Crippen molar-refractivity contribution in [3.63, 3.8) is 0 Å². The topological polar surface area (TPSA) is 81.3 Å². The molecule has 2 N–H and O–H groups in total. The van der Waals surface area contributed by atoms with Crippen LogP contribution in [-0.4, -0.2) is 54.0 Å². The first-order valence-corrected chi connectivity index (χ1v) is 9.82. The molecular weight excluding hydrogens is 354 g/mol. The van der Waals surface area contributed by atoms with Crippen LogP contribution in [0.3, 0.4) is 0 Å². The monoisotopic (exact) mass is 383 g/mol. The lowest BCUT2D eigenvalue weighted by Crippen LogP contribution is -2.42. The summed E-state index contributed by atoms with van der Waals surface area (Å²) in [7, 11) is 3.96. The van der Waals surface area contributed by atoms with Gasteiger partial charge in [0.2, 0.25) is 5.95 Å². The van der Waals surface area contributed by atoms with Gasteiger partial charge in [0.15, 0.2) is 0 Å². The summed E-state index contributed by atoms with van der Waals surface area (Å²) in [5, 5.41) is 3.32. The third-order valence-electron chi connectivity index (χ3n) is 5.33. The minimum atomic E-state index is -0.0775. The summed E-state index contributed by atoms with van der Waals surface area (Å²) >= 11 is 0. The van der Waals surface area contributed by atoms with Crippen LogP contribution >= 0.6 is 0 Å². The minimum Gasteiger partial charge on any atom is -0.378 e. The molecule has 7 heteroatoms. The van der Waals surface area contributed by atoms with Crippen molar-refractivity contribution in [2.75, 3.05) is 37.4 Å². The SMILES string of the molecule is CCc1c(C)nc(NC2CCN(C(=O)c3ccc(N(C)C)cc3)CC2)[nH]c1=O. The number of aryl methyl sites for hydroxylation is 1. The second-order valence-electron chi connectivity index (χ2n) is 7.48. The highest BCUT2D eigenvalue weighted by molar-refractivity contribution is 5.94. The third-order valence-corrected chi connectivity index (χ3v) is 5.33. The van der Waals surface area contributed by atoms with Crippen molar-refractivity contribution in [3.8, 4) is 0 Å². The first kappa shape index (κ1) is 19.9. The van der Waals surface area contributed by atoms with Crippen LogP contribution in [0, 0.1) is 6.92 Å². The Morgan fingerprint density at radius 2 is 1.89 bits per heavy atom. The highest BCUT2D eigenvalue weighted by atomic mass is 16.2. The van der Waals surface area contributed by atoms with Crippen LogP contribution in [0.1, 0.15) is 41.4 Å². The molecule has 1 saturated heterocycles. The number of piperidine rings is 1. The van der Waals surface area contributed by atoms with Crippen LogP contribution in [0.25, 0.3) is 0 Å². The van der Waals surface area contributed by atoms with Gasteiger partial charge in [-0.15, -0.1) is 0 Å². The largest absolute Gasteiger partial charge is 0.378 e. The minimum absolute atomic E-state index is 0.0680. The Bertz CT molecular complexity index is 881. The van der Waals surface area contributed by atoms with E-state index in [-0.39, 0.29) is 17.5 Å². The molecule has 0 radical (unpaired) electrons. The van der Waals surface area contributed by atoms with Crippen molar-refractivity contribution in [1.82, 2.24) is 14.9 Å². The second kappa shape index (κ2) is 8.46. The normalized spacial score (nSPS) is 14.8. The first-order valence-electron chi connectivity index (χ1n) is 9.82. The maximum Gasteiger partial charge on any atom is 0.255 e. The van der Waals surface area contributed by atoms with E-state index in [1.807, 2.05) is 62.0 Å². The van der Waals surface area contributed by atoms with E-state index in [4.69, 9.17) is 0 Å². The number of carbonyl (C=O) groups excluding carboxylic acids is 1. The van der Waals surface area contributed by atoms with Gasteiger partial charge in [-0.3, -0.25) is 14.6 Å².